The zero-order valence-electron chi connectivity index (χ0n) is 9.55. The molecule has 1 aromatic carbocycles. The van der Waals surface area contributed by atoms with E-state index in [0.717, 1.165) is 16.8 Å². The average Bonchev–Trinajstić information content (AvgIpc) is 2.57. The highest BCUT2D eigenvalue weighted by atomic mass is 35.5. The maximum Gasteiger partial charge on any atom is 0.161 e. The normalized spacial score (nSPS) is 14.3. The van der Waals surface area contributed by atoms with Gasteiger partial charge in [-0.3, -0.25) is 4.98 Å². The van der Waals surface area contributed by atoms with Crippen LogP contribution in [0.25, 0.3) is 0 Å². The van der Waals surface area contributed by atoms with Crippen LogP contribution >= 0.6 is 11.6 Å². The molecule has 0 unspecified atom stereocenters. The lowest BCUT2D eigenvalue weighted by molar-refractivity contribution is 1.31. The molecule has 0 aliphatic carbocycles. The first kappa shape index (κ1) is 11.1. The summed E-state index contributed by atoms with van der Waals surface area (Å²) in [5.74, 6) is 0.632. The fourth-order valence-corrected chi connectivity index (χ4v) is 2.07. The van der Waals surface area contributed by atoms with Crippen molar-refractivity contribution in [3.63, 3.8) is 0 Å². The first-order valence-corrected chi connectivity index (χ1v) is 6.01. The standard InChI is InChI=1S/C14H10ClN3/c15-13-9-11-3-1-2-4-12(11)17-14(18-13)10-5-7-16-8-6-10/h1-8H,9H2. The van der Waals surface area contributed by atoms with Gasteiger partial charge in [-0.05, 0) is 23.8 Å². The highest BCUT2D eigenvalue weighted by Gasteiger charge is 2.12. The number of para-hydroxylation sites is 1. The van der Waals surface area contributed by atoms with E-state index in [9.17, 15) is 0 Å². The van der Waals surface area contributed by atoms with E-state index in [0.29, 0.717) is 17.4 Å². The third kappa shape index (κ3) is 2.17. The Morgan fingerprint density at radius 2 is 1.72 bits per heavy atom. The van der Waals surface area contributed by atoms with Crippen LogP contribution in [-0.4, -0.2) is 16.0 Å². The Morgan fingerprint density at radius 3 is 2.56 bits per heavy atom. The first-order valence-electron chi connectivity index (χ1n) is 5.63. The molecule has 0 saturated carbocycles. The van der Waals surface area contributed by atoms with E-state index in [4.69, 9.17) is 11.6 Å². The molecular weight excluding hydrogens is 246 g/mol. The molecule has 2 heterocycles. The van der Waals surface area contributed by atoms with Crippen molar-refractivity contribution >= 4 is 28.3 Å². The molecule has 0 bridgehead atoms. The van der Waals surface area contributed by atoms with E-state index in [2.05, 4.69) is 15.0 Å². The largest absolute Gasteiger partial charge is 0.265 e. The summed E-state index contributed by atoms with van der Waals surface area (Å²) in [5, 5.41) is 0.551. The van der Waals surface area contributed by atoms with Crippen LogP contribution in [0.4, 0.5) is 5.69 Å². The zero-order valence-corrected chi connectivity index (χ0v) is 10.3. The van der Waals surface area contributed by atoms with Gasteiger partial charge in [0.25, 0.3) is 0 Å². The van der Waals surface area contributed by atoms with Gasteiger partial charge in [-0.25, -0.2) is 9.98 Å². The molecule has 1 aliphatic rings. The first-order chi connectivity index (χ1) is 8.83. The number of pyridine rings is 1. The van der Waals surface area contributed by atoms with Crippen LogP contribution in [0.5, 0.6) is 0 Å². The SMILES string of the molecule is ClC1=NC(c2ccncc2)=Nc2ccccc2C1. The molecule has 88 valence electrons. The monoisotopic (exact) mass is 255 g/mol. The minimum Gasteiger partial charge on any atom is -0.265 e. The van der Waals surface area contributed by atoms with Crippen molar-refractivity contribution in [1.82, 2.24) is 4.98 Å². The number of hydrogen-bond acceptors (Lipinski definition) is 3. The molecule has 0 fully saturated rings. The van der Waals surface area contributed by atoms with Crippen LogP contribution in [-0.2, 0) is 6.42 Å². The minimum atomic E-state index is 0.551. The van der Waals surface area contributed by atoms with Crippen LogP contribution < -0.4 is 0 Å². The van der Waals surface area contributed by atoms with Gasteiger partial charge in [-0.2, -0.15) is 0 Å². The van der Waals surface area contributed by atoms with Gasteiger partial charge in [0.1, 0.15) is 5.17 Å². The van der Waals surface area contributed by atoms with Crippen molar-refractivity contribution in [3.8, 4) is 0 Å². The van der Waals surface area contributed by atoms with E-state index >= 15 is 0 Å². The lowest BCUT2D eigenvalue weighted by Gasteiger charge is -2.01. The number of aliphatic imine (C=N–C) groups is 2. The van der Waals surface area contributed by atoms with Gasteiger partial charge in [0.05, 0.1) is 5.69 Å². The van der Waals surface area contributed by atoms with Crippen molar-refractivity contribution in [2.24, 2.45) is 9.98 Å². The summed E-state index contributed by atoms with van der Waals surface area (Å²) in [6.45, 7) is 0. The molecule has 0 spiro atoms. The second kappa shape index (κ2) is 4.70. The van der Waals surface area contributed by atoms with Crippen molar-refractivity contribution in [2.45, 2.75) is 6.42 Å². The predicted molar refractivity (Wildman–Crippen MR) is 73.9 cm³/mol. The highest BCUT2D eigenvalue weighted by molar-refractivity contribution is 6.66. The van der Waals surface area contributed by atoms with Crippen LogP contribution in [0, 0.1) is 0 Å². The fourth-order valence-electron chi connectivity index (χ4n) is 1.85. The van der Waals surface area contributed by atoms with Crippen molar-refractivity contribution in [3.05, 3.63) is 59.9 Å². The maximum atomic E-state index is 6.15. The van der Waals surface area contributed by atoms with Crippen LogP contribution in [0.15, 0.2) is 58.8 Å². The topological polar surface area (TPSA) is 37.6 Å². The van der Waals surface area contributed by atoms with Gasteiger partial charge >= 0.3 is 0 Å². The lowest BCUT2D eigenvalue weighted by Crippen LogP contribution is -1.99. The van der Waals surface area contributed by atoms with Gasteiger partial charge < -0.3 is 0 Å². The Hall–Kier alpha value is -2.00. The molecule has 0 saturated heterocycles. The predicted octanol–water partition coefficient (Wildman–Crippen LogP) is 3.35. The molecule has 3 nitrogen and oxygen atoms in total. The number of halogens is 1. The Morgan fingerprint density at radius 1 is 0.944 bits per heavy atom. The Kier molecular flexibility index (Phi) is 2.90. The van der Waals surface area contributed by atoms with E-state index in [1.807, 2.05) is 36.4 Å². The van der Waals surface area contributed by atoms with E-state index in [1.54, 1.807) is 12.4 Å². The molecule has 0 N–H and O–H groups in total. The third-order valence-corrected chi connectivity index (χ3v) is 2.94. The van der Waals surface area contributed by atoms with E-state index in [1.165, 1.54) is 0 Å². The number of hydrogen-bond donors (Lipinski definition) is 0. The maximum absolute atomic E-state index is 6.15. The summed E-state index contributed by atoms with van der Waals surface area (Å²) >= 11 is 6.15. The summed E-state index contributed by atoms with van der Waals surface area (Å²) in [4.78, 5) is 12.9. The molecule has 1 aliphatic heterocycles. The number of aromatic nitrogens is 1. The van der Waals surface area contributed by atoms with Crippen LogP contribution in [0.3, 0.4) is 0 Å². The number of benzene rings is 1. The Labute approximate surface area is 110 Å². The van der Waals surface area contributed by atoms with Crippen molar-refractivity contribution in [2.75, 3.05) is 0 Å². The Bertz CT molecular complexity index is 632. The molecule has 4 heteroatoms. The molecular formula is C14H10ClN3. The molecule has 2 aromatic rings. The minimum absolute atomic E-state index is 0.551. The average molecular weight is 256 g/mol. The third-order valence-electron chi connectivity index (χ3n) is 2.72. The van der Waals surface area contributed by atoms with Gasteiger partial charge in [0.2, 0.25) is 0 Å². The molecule has 18 heavy (non-hydrogen) atoms. The number of fused-ring (bicyclic) bond motifs is 1. The second-order valence-corrected chi connectivity index (χ2v) is 4.40. The molecule has 0 atom stereocenters. The smallest absolute Gasteiger partial charge is 0.161 e. The van der Waals surface area contributed by atoms with Crippen molar-refractivity contribution < 1.29 is 0 Å². The van der Waals surface area contributed by atoms with E-state index in [-0.39, 0.29) is 0 Å². The van der Waals surface area contributed by atoms with Crippen molar-refractivity contribution in [1.29, 1.82) is 0 Å². The lowest BCUT2D eigenvalue weighted by atomic mass is 10.1. The number of rotatable bonds is 1. The van der Waals surface area contributed by atoms with Gasteiger partial charge in [0.15, 0.2) is 5.84 Å². The molecule has 1 aromatic heterocycles. The molecule has 3 rings (SSSR count). The summed E-state index contributed by atoms with van der Waals surface area (Å²) < 4.78 is 0. The van der Waals surface area contributed by atoms with E-state index < -0.39 is 0 Å². The summed E-state index contributed by atoms with van der Waals surface area (Å²) in [7, 11) is 0. The summed E-state index contributed by atoms with van der Waals surface area (Å²) in [6, 6.07) is 11.7. The summed E-state index contributed by atoms with van der Waals surface area (Å²) in [6.07, 6.45) is 4.06. The second-order valence-electron chi connectivity index (χ2n) is 3.96. The van der Waals surface area contributed by atoms with Crippen LogP contribution in [0.2, 0.25) is 0 Å². The number of nitrogens with zero attached hydrogens (tertiary/aromatic N) is 3. The quantitative estimate of drug-likeness (QED) is 0.770. The highest BCUT2D eigenvalue weighted by Crippen LogP contribution is 2.24. The fraction of sp³-hybridized carbons (Fsp3) is 0.0714. The zero-order chi connectivity index (χ0) is 12.4. The van der Waals surface area contributed by atoms with Gasteiger partial charge in [0, 0.05) is 24.4 Å². The molecule has 0 radical (unpaired) electrons. The summed E-state index contributed by atoms with van der Waals surface area (Å²) in [5.41, 5.74) is 2.93. The van der Waals surface area contributed by atoms with Crippen LogP contribution in [0.1, 0.15) is 11.1 Å². The number of amidine groups is 1. The Balaban J connectivity index is 2.15. The van der Waals surface area contributed by atoms with Gasteiger partial charge in [-0.1, -0.05) is 29.8 Å². The van der Waals surface area contributed by atoms with Gasteiger partial charge in [-0.15, -0.1) is 0 Å². The molecule has 0 amide bonds.